The normalized spacial score (nSPS) is 13.9. The van der Waals surface area contributed by atoms with E-state index in [2.05, 4.69) is 10.3 Å². The summed E-state index contributed by atoms with van der Waals surface area (Å²) in [6, 6.07) is 14.3. The molecule has 0 bridgehead atoms. The molecular weight excluding hydrogens is 264 g/mol. The van der Waals surface area contributed by atoms with Crippen LogP contribution in [0.1, 0.15) is 18.5 Å². The molecule has 0 saturated heterocycles. The zero-order valence-electron chi connectivity index (χ0n) is 12.0. The third-order valence-electron chi connectivity index (χ3n) is 3.30. The molecule has 1 heterocycles. The molecule has 21 heavy (non-hydrogen) atoms. The van der Waals surface area contributed by atoms with Gasteiger partial charge in [-0.3, -0.25) is 4.98 Å². The van der Waals surface area contributed by atoms with Crippen molar-refractivity contribution in [2.24, 2.45) is 0 Å². The van der Waals surface area contributed by atoms with E-state index in [-0.39, 0.29) is 0 Å². The Morgan fingerprint density at radius 3 is 2.52 bits per heavy atom. The molecule has 1 aromatic heterocycles. The number of aromatic nitrogens is 1. The topological polar surface area (TPSA) is 43.4 Å². The highest BCUT2D eigenvalue weighted by molar-refractivity contribution is 5.23. The number of benzene rings is 1. The van der Waals surface area contributed by atoms with Crippen LogP contribution in [0.2, 0.25) is 0 Å². The number of ether oxygens (including phenoxy) is 2. The quantitative estimate of drug-likeness (QED) is 0.757. The fraction of sp³-hybridized carbons (Fsp3) is 0.353. The first-order chi connectivity index (χ1) is 10.4. The van der Waals surface area contributed by atoms with Crippen molar-refractivity contribution in [1.29, 1.82) is 0 Å². The molecule has 1 N–H and O–H groups in total. The van der Waals surface area contributed by atoms with Gasteiger partial charge in [-0.2, -0.15) is 0 Å². The lowest BCUT2D eigenvalue weighted by molar-refractivity contribution is 0.217. The average Bonchev–Trinajstić information content (AvgIpc) is 3.35. The van der Waals surface area contributed by atoms with Crippen molar-refractivity contribution in [1.82, 2.24) is 10.3 Å². The van der Waals surface area contributed by atoms with Crippen LogP contribution in [0.25, 0.3) is 0 Å². The lowest BCUT2D eigenvalue weighted by Gasteiger charge is -2.09. The van der Waals surface area contributed by atoms with E-state index in [0.29, 0.717) is 19.3 Å². The minimum absolute atomic E-state index is 0.522. The second kappa shape index (κ2) is 7.09. The van der Waals surface area contributed by atoms with Crippen LogP contribution in [-0.2, 0) is 6.54 Å². The molecular formula is C17H20N2O2. The average molecular weight is 284 g/mol. The molecule has 2 aromatic rings. The van der Waals surface area contributed by atoms with Crippen LogP contribution in [0, 0.1) is 0 Å². The predicted molar refractivity (Wildman–Crippen MR) is 81.5 cm³/mol. The zero-order valence-corrected chi connectivity index (χ0v) is 12.0. The third kappa shape index (κ3) is 4.76. The van der Waals surface area contributed by atoms with E-state index < -0.39 is 0 Å². The number of rotatable bonds is 8. The number of hydrogen-bond donors (Lipinski definition) is 1. The van der Waals surface area contributed by atoms with Gasteiger partial charge in [-0.25, -0.2) is 0 Å². The van der Waals surface area contributed by atoms with Crippen molar-refractivity contribution in [3.63, 3.8) is 0 Å². The number of nitrogens with one attached hydrogen (secondary N) is 1. The first-order valence-electron chi connectivity index (χ1n) is 7.39. The lowest BCUT2D eigenvalue weighted by Crippen LogP contribution is -2.16. The molecule has 1 aromatic carbocycles. The van der Waals surface area contributed by atoms with Gasteiger partial charge in [0, 0.05) is 24.8 Å². The summed E-state index contributed by atoms with van der Waals surface area (Å²) in [5.74, 6) is 1.71. The molecule has 3 rings (SSSR count). The Morgan fingerprint density at radius 1 is 1.00 bits per heavy atom. The number of pyridine rings is 1. The van der Waals surface area contributed by atoms with Gasteiger partial charge >= 0.3 is 0 Å². The van der Waals surface area contributed by atoms with Crippen LogP contribution >= 0.6 is 0 Å². The minimum atomic E-state index is 0.522. The van der Waals surface area contributed by atoms with Gasteiger partial charge in [-0.1, -0.05) is 18.2 Å². The van der Waals surface area contributed by atoms with Crippen LogP contribution in [-0.4, -0.2) is 24.2 Å². The molecule has 4 nitrogen and oxygen atoms in total. The Balaban J connectivity index is 1.41. The van der Waals surface area contributed by atoms with Crippen molar-refractivity contribution in [3.8, 4) is 11.5 Å². The van der Waals surface area contributed by atoms with Crippen molar-refractivity contribution >= 4 is 0 Å². The maximum absolute atomic E-state index is 5.70. The van der Waals surface area contributed by atoms with Gasteiger partial charge in [0.25, 0.3) is 0 Å². The Labute approximate surface area is 125 Å². The van der Waals surface area contributed by atoms with Crippen molar-refractivity contribution < 1.29 is 9.47 Å². The molecule has 1 aliphatic rings. The van der Waals surface area contributed by atoms with Crippen molar-refractivity contribution in [2.45, 2.75) is 25.4 Å². The first kappa shape index (κ1) is 13.9. The Morgan fingerprint density at radius 2 is 1.76 bits per heavy atom. The number of para-hydroxylation sites is 1. The van der Waals surface area contributed by atoms with Gasteiger partial charge in [0.05, 0.1) is 5.69 Å². The molecule has 0 spiro atoms. The Bertz CT molecular complexity index is 556. The molecule has 1 saturated carbocycles. The van der Waals surface area contributed by atoms with Gasteiger partial charge in [0.15, 0.2) is 0 Å². The van der Waals surface area contributed by atoms with Gasteiger partial charge in [-0.15, -0.1) is 0 Å². The standard InChI is InChI=1S/C17H20N2O2/c1-2-4-16(5-3-1)20-10-11-21-17-8-9-18-15(12-17)13-19-14-6-7-14/h1-5,8-9,12,14,19H,6-7,10-11,13H2. The molecule has 4 heteroatoms. The van der Waals surface area contributed by atoms with Crippen LogP contribution in [0.5, 0.6) is 11.5 Å². The van der Waals surface area contributed by atoms with Gasteiger partial charge < -0.3 is 14.8 Å². The molecule has 110 valence electrons. The van der Waals surface area contributed by atoms with Crippen LogP contribution in [0.4, 0.5) is 0 Å². The summed E-state index contributed by atoms with van der Waals surface area (Å²) in [5, 5.41) is 3.45. The van der Waals surface area contributed by atoms with E-state index in [1.807, 2.05) is 42.5 Å². The van der Waals surface area contributed by atoms with Crippen molar-refractivity contribution in [3.05, 3.63) is 54.4 Å². The Kier molecular flexibility index (Phi) is 4.69. The summed E-state index contributed by atoms with van der Waals surface area (Å²) in [6.45, 7) is 1.86. The highest BCUT2D eigenvalue weighted by Gasteiger charge is 2.20. The van der Waals surface area contributed by atoms with Gasteiger partial charge in [0.1, 0.15) is 24.7 Å². The lowest BCUT2D eigenvalue weighted by atomic mass is 10.3. The molecule has 0 atom stereocenters. The molecule has 0 unspecified atom stereocenters. The van der Waals surface area contributed by atoms with E-state index in [1.165, 1.54) is 12.8 Å². The van der Waals surface area contributed by atoms with Crippen molar-refractivity contribution in [2.75, 3.05) is 13.2 Å². The van der Waals surface area contributed by atoms with Gasteiger partial charge in [0.2, 0.25) is 0 Å². The molecule has 1 aliphatic carbocycles. The SMILES string of the molecule is c1ccc(OCCOc2ccnc(CNC3CC3)c2)cc1. The van der Waals surface area contributed by atoms with E-state index >= 15 is 0 Å². The van der Waals surface area contributed by atoms with Crippen LogP contribution in [0.3, 0.4) is 0 Å². The smallest absolute Gasteiger partial charge is 0.122 e. The highest BCUT2D eigenvalue weighted by Crippen LogP contribution is 2.19. The summed E-state index contributed by atoms with van der Waals surface area (Å²) in [7, 11) is 0. The molecule has 1 fully saturated rings. The van der Waals surface area contributed by atoms with Crippen LogP contribution in [0.15, 0.2) is 48.7 Å². The third-order valence-corrected chi connectivity index (χ3v) is 3.30. The molecule has 0 amide bonds. The fourth-order valence-electron chi connectivity index (χ4n) is 2.01. The summed E-state index contributed by atoms with van der Waals surface area (Å²) < 4.78 is 11.3. The molecule has 0 aliphatic heterocycles. The second-order valence-electron chi connectivity index (χ2n) is 5.15. The monoisotopic (exact) mass is 284 g/mol. The summed E-state index contributed by atoms with van der Waals surface area (Å²) in [4.78, 5) is 4.34. The van der Waals surface area contributed by atoms with E-state index in [1.54, 1.807) is 6.20 Å². The highest BCUT2D eigenvalue weighted by atomic mass is 16.5. The van der Waals surface area contributed by atoms with E-state index in [9.17, 15) is 0 Å². The summed E-state index contributed by atoms with van der Waals surface area (Å²) in [6.07, 6.45) is 4.36. The number of hydrogen-bond acceptors (Lipinski definition) is 4. The Hall–Kier alpha value is -2.07. The second-order valence-corrected chi connectivity index (χ2v) is 5.15. The minimum Gasteiger partial charge on any atom is -0.490 e. The first-order valence-corrected chi connectivity index (χ1v) is 7.39. The maximum atomic E-state index is 5.70. The van der Waals surface area contributed by atoms with E-state index in [0.717, 1.165) is 23.7 Å². The summed E-state index contributed by atoms with van der Waals surface area (Å²) >= 11 is 0. The van der Waals surface area contributed by atoms with Gasteiger partial charge in [-0.05, 0) is 31.0 Å². The maximum Gasteiger partial charge on any atom is 0.122 e. The number of nitrogens with zero attached hydrogens (tertiary/aromatic N) is 1. The zero-order chi connectivity index (χ0) is 14.3. The van der Waals surface area contributed by atoms with E-state index in [4.69, 9.17) is 9.47 Å². The summed E-state index contributed by atoms with van der Waals surface area (Å²) in [5.41, 5.74) is 1.02. The fourth-order valence-corrected chi connectivity index (χ4v) is 2.01. The van der Waals surface area contributed by atoms with Crippen LogP contribution < -0.4 is 14.8 Å². The largest absolute Gasteiger partial charge is 0.490 e. The molecule has 0 radical (unpaired) electrons. The predicted octanol–water partition coefficient (Wildman–Crippen LogP) is 2.79.